The van der Waals surface area contributed by atoms with Crippen molar-refractivity contribution in [3.8, 4) is 0 Å². The molecule has 0 atom stereocenters. The van der Waals surface area contributed by atoms with E-state index in [9.17, 15) is 14.4 Å². The highest BCUT2D eigenvalue weighted by molar-refractivity contribution is 6.06. The van der Waals surface area contributed by atoms with Gasteiger partial charge in [-0.1, -0.05) is 20.8 Å². The number of carbonyl (C=O) groups is 2. The van der Waals surface area contributed by atoms with Crippen LogP contribution in [-0.4, -0.2) is 33.4 Å². The second-order valence-electron chi connectivity index (χ2n) is 6.04. The molecule has 7 nitrogen and oxygen atoms in total. The van der Waals surface area contributed by atoms with E-state index in [1.54, 1.807) is 26.0 Å². The van der Waals surface area contributed by atoms with Crippen molar-refractivity contribution in [3.63, 3.8) is 0 Å². The van der Waals surface area contributed by atoms with Crippen molar-refractivity contribution in [3.05, 3.63) is 39.9 Å². The van der Waals surface area contributed by atoms with Crippen LogP contribution >= 0.6 is 0 Å². The molecular formula is C17H22N4O3. The molecular weight excluding hydrogens is 308 g/mol. The van der Waals surface area contributed by atoms with Gasteiger partial charge in [-0.25, -0.2) is 9.66 Å². The number of rotatable bonds is 4. The average molecular weight is 330 g/mol. The summed E-state index contributed by atoms with van der Waals surface area (Å²) >= 11 is 0. The summed E-state index contributed by atoms with van der Waals surface area (Å²) in [4.78, 5) is 42.3. The van der Waals surface area contributed by atoms with Gasteiger partial charge in [-0.05, 0) is 24.6 Å². The number of nitrogen functional groups attached to an aromatic ring is 1. The monoisotopic (exact) mass is 330 g/mol. The first kappa shape index (κ1) is 17.7. The van der Waals surface area contributed by atoms with Crippen molar-refractivity contribution in [2.75, 3.05) is 12.9 Å². The van der Waals surface area contributed by atoms with E-state index in [4.69, 9.17) is 5.84 Å². The summed E-state index contributed by atoms with van der Waals surface area (Å²) in [5.41, 5.74) is 0.330. The summed E-state index contributed by atoms with van der Waals surface area (Å²) in [5.74, 6) is 5.26. The van der Waals surface area contributed by atoms with E-state index < -0.39 is 11.5 Å². The van der Waals surface area contributed by atoms with E-state index in [0.29, 0.717) is 17.8 Å². The normalized spacial score (nSPS) is 11.0. The smallest absolute Gasteiger partial charge is 0.279 e. The van der Waals surface area contributed by atoms with Crippen molar-refractivity contribution < 1.29 is 9.59 Å². The molecule has 0 fully saturated rings. The Kier molecular flexibility index (Phi) is 5.02. The quantitative estimate of drug-likeness (QED) is 0.853. The van der Waals surface area contributed by atoms with Crippen LogP contribution in [-0.2, 0) is 11.2 Å². The third-order valence-electron chi connectivity index (χ3n) is 3.82. The summed E-state index contributed by atoms with van der Waals surface area (Å²) in [5, 5.41) is 0.258. The summed E-state index contributed by atoms with van der Waals surface area (Å²) in [7, 11) is 1.43. The zero-order chi connectivity index (χ0) is 18.0. The predicted octanol–water partition coefficient (Wildman–Crippen LogP) is 1.32. The Morgan fingerprint density at radius 1 is 1.33 bits per heavy atom. The Hall–Kier alpha value is -2.70. The molecule has 2 rings (SSSR count). The minimum absolute atomic E-state index is 0.251. The predicted molar refractivity (Wildman–Crippen MR) is 92.1 cm³/mol. The van der Waals surface area contributed by atoms with Crippen molar-refractivity contribution in [1.82, 2.24) is 14.6 Å². The largest absolute Gasteiger partial charge is 0.335 e. The van der Waals surface area contributed by atoms with Crippen LogP contribution in [0.4, 0.5) is 0 Å². The standard InChI is InChI=1S/C17H22N4O3/c1-5-6-14-19-13-8-7-11(9-12(13)17(24)21(14)18)16(23)20(4)15(22)10(2)3/h7-10H,5-6,18H2,1-4H3. The van der Waals surface area contributed by atoms with Crippen molar-refractivity contribution >= 4 is 22.7 Å². The zero-order valence-electron chi connectivity index (χ0n) is 14.4. The molecule has 0 saturated carbocycles. The number of aromatic nitrogens is 2. The number of nitrogens with two attached hydrogens (primary N) is 1. The number of hydrogen-bond donors (Lipinski definition) is 1. The fraction of sp³-hybridized carbons (Fsp3) is 0.412. The Morgan fingerprint density at radius 2 is 2.00 bits per heavy atom. The van der Waals surface area contributed by atoms with Crippen molar-refractivity contribution in [2.24, 2.45) is 5.92 Å². The summed E-state index contributed by atoms with van der Waals surface area (Å²) in [6.45, 7) is 5.41. The summed E-state index contributed by atoms with van der Waals surface area (Å²) in [6, 6.07) is 4.62. The van der Waals surface area contributed by atoms with Crippen LogP contribution in [0.5, 0.6) is 0 Å². The first-order valence-corrected chi connectivity index (χ1v) is 7.90. The maximum atomic E-state index is 12.4. The van der Waals surface area contributed by atoms with E-state index in [0.717, 1.165) is 16.0 Å². The molecule has 0 aliphatic carbocycles. The molecule has 7 heteroatoms. The van der Waals surface area contributed by atoms with Gasteiger partial charge in [-0.2, -0.15) is 0 Å². The van der Waals surface area contributed by atoms with Gasteiger partial charge in [0.05, 0.1) is 10.9 Å². The number of benzene rings is 1. The van der Waals surface area contributed by atoms with Gasteiger partial charge in [0.1, 0.15) is 5.82 Å². The molecule has 1 heterocycles. The molecule has 0 unspecified atom stereocenters. The van der Waals surface area contributed by atoms with E-state index in [1.807, 2.05) is 6.92 Å². The van der Waals surface area contributed by atoms with Crippen LogP contribution in [0.2, 0.25) is 0 Å². The van der Waals surface area contributed by atoms with Crippen LogP contribution < -0.4 is 11.4 Å². The van der Waals surface area contributed by atoms with Gasteiger partial charge in [0.15, 0.2) is 0 Å². The van der Waals surface area contributed by atoms with Crippen LogP contribution in [0, 0.1) is 5.92 Å². The summed E-state index contributed by atoms with van der Waals surface area (Å²) in [6.07, 6.45) is 1.40. The highest BCUT2D eigenvalue weighted by Gasteiger charge is 2.21. The maximum Gasteiger partial charge on any atom is 0.279 e. The molecule has 1 aromatic carbocycles. The second kappa shape index (κ2) is 6.82. The highest BCUT2D eigenvalue weighted by Crippen LogP contribution is 2.14. The van der Waals surface area contributed by atoms with E-state index in [2.05, 4.69) is 4.98 Å². The van der Waals surface area contributed by atoms with Gasteiger partial charge in [0.25, 0.3) is 11.5 Å². The lowest BCUT2D eigenvalue weighted by atomic mass is 10.1. The van der Waals surface area contributed by atoms with Gasteiger partial charge in [-0.3, -0.25) is 19.3 Å². The number of carbonyl (C=O) groups excluding carboxylic acids is 2. The fourth-order valence-corrected chi connectivity index (χ4v) is 2.46. The van der Waals surface area contributed by atoms with Crippen LogP contribution in [0.25, 0.3) is 10.9 Å². The number of hydrogen-bond acceptors (Lipinski definition) is 5. The molecule has 0 aliphatic heterocycles. The fourth-order valence-electron chi connectivity index (χ4n) is 2.46. The van der Waals surface area contributed by atoms with E-state index in [-0.39, 0.29) is 22.8 Å². The van der Waals surface area contributed by atoms with Gasteiger partial charge < -0.3 is 5.84 Å². The number of amides is 2. The zero-order valence-corrected chi connectivity index (χ0v) is 14.4. The Labute approximate surface area is 140 Å². The number of aryl methyl sites for hydroxylation is 1. The lowest BCUT2D eigenvalue weighted by molar-refractivity contribution is -0.130. The van der Waals surface area contributed by atoms with Gasteiger partial charge >= 0.3 is 0 Å². The van der Waals surface area contributed by atoms with Gasteiger partial charge in [0, 0.05) is 24.9 Å². The molecule has 2 amide bonds. The summed E-state index contributed by atoms with van der Waals surface area (Å²) < 4.78 is 1.02. The highest BCUT2D eigenvalue weighted by atomic mass is 16.2. The first-order valence-electron chi connectivity index (χ1n) is 7.90. The topological polar surface area (TPSA) is 98.3 Å². The Morgan fingerprint density at radius 3 is 2.58 bits per heavy atom. The number of fused-ring (bicyclic) bond motifs is 1. The van der Waals surface area contributed by atoms with Crippen LogP contribution in [0.3, 0.4) is 0 Å². The van der Waals surface area contributed by atoms with Gasteiger partial charge in [0.2, 0.25) is 5.91 Å². The molecule has 0 saturated heterocycles. The lowest BCUT2D eigenvalue weighted by Gasteiger charge is -2.17. The average Bonchev–Trinajstić information content (AvgIpc) is 2.57. The molecule has 0 spiro atoms. The molecule has 2 N–H and O–H groups in total. The minimum Gasteiger partial charge on any atom is -0.335 e. The molecule has 1 aromatic heterocycles. The van der Waals surface area contributed by atoms with Crippen molar-refractivity contribution in [1.29, 1.82) is 0 Å². The minimum atomic E-state index is -0.462. The van der Waals surface area contributed by atoms with E-state index in [1.165, 1.54) is 13.1 Å². The molecule has 128 valence electrons. The molecule has 24 heavy (non-hydrogen) atoms. The van der Waals surface area contributed by atoms with Gasteiger partial charge in [-0.15, -0.1) is 0 Å². The van der Waals surface area contributed by atoms with E-state index >= 15 is 0 Å². The molecule has 0 radical (unpaired) electrons. The Balaban J connectivity index is 2.50. The first-order chi connectivity index (χ1) is 11.3. The molecule has 2 aromatic rings. The number of nitrogens with zero attached hydrogens (tertiary/aromatic N) is 3. The SMILES string of the molecule is CCCc1nc2ccc(C(=O)N(C)C(=O)C(C)C)cc2c(=O)n1N. The lowest BCUT2D eigenvalue weighted by Crippen LogP contribution is -2.36. The molecule has 0 aliphatic rings. The van der Waals surface area contributed by atoms with Crippen LogP contribution in [0.15, 0.2) is 23.0 Å². The third-order valence-corrected chi connectivity index (χ3v) is 3.82. The number of imide groups is 1. The third kappa shape index (κ3) is 3.15. The Bertz CT molecular complexity index is 855. The van der Waals surface area contributed by atoms with Crippen molar-refractivity contribution in [2.45, 2.75) is 33.6 Å². The molecule has 0 bridgehead atoms. The second-order valence-corrected chi connectivity index (χ2v) is 6.04. The van der Waals surface area contributed by atoms with Crippen LogP contribution in [0.1, 0.15) is 43.4 Å². The maximum absolute atomic E-state index is 12.4.